The Balaban J connectivity index is 1.89. The van der Waals surface area contributed by atoms with E-state index in [2.05, 4.69) is 24.6 Å². The summed E-state index contributed by atoms with van der Waals surface area (Å²) in [5, 5.41) is 13.5. The number of hydrogen-bond acceptors (Lipinski definition) is 3. The van der Waals surface area contributed by atoms with E-state index in [0.29, 0.717) is 24.9 Å². The Labute approximate surface area is 107 Å². The molecule has 2 rings (SSSR count). The number of carboxylic acid groups (broad SMARTS) is 1. The monoisotopic (exact) mass is 255 g/mol. The number of rotatable bonds is 3. The van der Waals surface area contributed by atoms with Crippen molar-refractivity contribution in [1.29, 1.82) is 0 Å². The fourth-order valence-corrected chi connectivity index (χ4v) is 2.52. The zero-order valence-electron chi connectivity index (χ0n) is 10.9. The number of aliphatic carboxylic acids is 1. The van der Waals surface area contributed by atoms with Gasteiger partial charge in [-0.15, -0.1) is 0 Å². The fourth-order valence-electron chi connectivity index (χ4n) is 2.52. The van der Waals surface area contributed by atoms with E-state index >= 15 is 0 Å². The Morgan fingerprint density at radius 1 is 1.22 bits per heavy atom. The van der Waals surface area contributed by atoms with E-state index < -0.39 is 17.5 Å². The number of urea groups is 1. The summed E-state index contributed by atoms with van der Waals surface area (Å²) in [5.41, 5.74) is 1.77. The maximum absolute atomic E-state index is 11.8. The first kappa shape index (κ1) is 13.1. The molecule has 0 spiro atoms. The quantitative estimate of drug-likeness (QED) is 0.705. The lowest BCUT2D eigenvalue weighted by Crippen LogP contribution is -2.59. The molecule has 102 valence electrons. The molecule has 0 aromatic rings. The van der Waals surface area contributed by atoms with Gasteiger partial charge in [0, 0.05) is 12.1 Å². The minimum atomic E-state index is -1.02. The van der Waals surface area contributed by atoms with Gasteiger partial charge in [-0.2, -0.15) is 0 Å². The summed E-state index contributed by atoms with van der Waals surface area (Å²) in [6.07, 6.45) is 4.30. The van der Waals surface area contributed by atoms with Crippen LogP contribution >= 0.6 is 0 Å². The molecule has 6 nitrogen and oxygen atoms in total. The first-order chi connectivity index (χ1) is 8.44. The van der Waals surface area contributed by atoms with Crippen LogP contribution in [0.5, 0.6) is 0 Å². The van der Waals surface area contributed by atoms with Crippen molar-refractivity contribution in [3.8, 4) is 0 Å². The maximum Gasteiger partial charge on any atom is 0.330 e. The molecular weight excluding hydrogens is 234 g/mol. The number of amides is 2. The molecule has 2 unspecified atom stereocenters. The van der Waals surface area contributed by atoms with Gasteiger partial charge in [-0.05, 0) is 39.5 Å². The van der Waals surface area contributed by atoms with Crippen LogP contribution in [0.25, 0.3) is 0 Å². The van der Waals surface area contributed by atoms with Crippen molar-refractivity contribution in [1.82, 2.24) is 15.8 Å². The normalized spacial score (nSPS) is 30.6. The van der Waals surface area contributed by atoms with Crippen molar-refractivity contribution >= 4 is 12.0 Å². The highest BCUT2D eigenvalue weighted by atomic mass is 16.4. The lowest BCUT2D eigenvalue weighted by atomic mass is 10.00. The molecule has 2 amide bonds. The first-order valence-electron chi connectivity index (χ1n) is 6.55. The van der Waals surface area contributed by atoms with Crippen LogP contribution in [-0.2, 0) is 4.79 Å². The number of nitrogens with zero attached hydrogens (tertiary/aromatic N) is 1. The summed E-state index contributed by atoms with van der Waals surface area (Å²) in [5.74, 6) is -0.947. The van der Waals surface area contributed by atoms with E-state index in [1.165, 1.54) is 6.42 Å². The Hall–Kier alpha value is -1.30. The Morgan fingerprint density at radius 3 is 2.22 bits per heavy atom. The molecule has 3 N–H and O–H groups in total. The molecule has 0 aromatic heterocycles. The molecular formula is C12H21N3O3. The number of piperidine rings is 1. The highest BCUT2D eigenvalue weighted by Crippen LogP contribution is 2.35. The van der Waals surface area contributed by atoms with Crippen molar-refractivity contribution in [2.45, 2.75) is 63.6 Å². The summed E-state index contributed by atoms with van der Waals surface area (Å²) in [6, 6.07) is 0.175. The van der Waals surface area contributed by atoms with E-state index in [1.807, 2.05) is 5.01 Å². The zero-order chi connectivity index (χ0) is 13.3. The van der Waals surface area contributed by atoms with E-state index in [9.17, 15) is 9.59 Å². The summed E-state index contributed by atoms with van der Waals surface area (Å²) >= 11 is 0. The van der Waals surface area contributed by atoms with Crippen molar-refractivity contribution < 1.29 is 14.7 Å². The summed E-state index contributed by atoms with van der Waals surface area (Å²) < 4.78 is 0. The Bertz CT molecular complexity index is 344. The van der Waals surface area contributed by atoms with E-state index in [0.717, 1.165) is 12.8 Å². The Kier molecular flexibility index (Phi) is 3.47. The van der Waals surface area contributed by atoms with Crippen LogP contribution in [0.4, 0.5) is 4.79 Å². The number of hydrogen-bond donors (Lipinski definition) is 3. The molecule has 1 saturated heterocycles. The van der Waals surface area contributed by atoms with Crippen LogP contribution in [0.1, 0.15) is 46.0 Å². The van der Waals surface area contributed by atoms with Crippen LogP contribution in [-0.4, -0.2) is 39.7 Å². The zero-order valence-corrected chi connectivity index (χ0v) is 10.9. The average molecular weight is 255 g/mol. The number of hydrazine groups is 1. The van der Waals surface area contributed by atoms with Gasteiger partial charge in [0.1, 0.15) is 5.54 Å². The number of carbonyl (C=O) groups excluding carboxylic acids is 1. The van der Waals surface area contributed by atoms with Gasteiger partial charge >= 0.3 is 12.0 Å². The van der Waals surface area contributed by atoms with Crippen LogP contribution in [0.3, 0.4) is 0 Å². The van der Waals surface area contributed by atoms with Crippen molar-refractivity contribution in [3.05, 3.63) is 0 Å². The summed E-state index contributed by atoms with van der Waals surface area (Å²) in [7, 11) is 0. The predicted molar refractivity (Wildman–Crippen MR) is 65.9 cm³/mol. The van der Waals surface area contributed by atoms with Gasteiger partial charge in [0.25, 0.3) is 0 Å². The molecule has 0 radical (unpaired) electrons. The largest absolute Gasteiger partial charge is 0.480 e. The van der Waals surface area contributed by atoms with Gasteiger partial charge in [-0.25, -0.2) is 14.6 Å². The first-order valence-corrected chi connectivity index (χ1v) is 6.55. The van der Waals surface area contributed by atoms with E-state index in [4.69, 9.17) is 5.11 Å². The second kappa shape index (κ2) is 4.76. The lowest BCUT2D eigenvalue weighted by molar-refractivity contribution is -0.140. The molecule has 0 bridgehead atoms. The molecule has 18 heavy (non-hydrogen) atoms. The van der Waals surface area contributed by atoms with Crippen LogP contribution in [0, 0.1) is 0 Å². The van der Waals surface area contributed by atoms with E-state index in [1.54, 1.807) is 0 Å². The molecule has 6 heteroatoms. The summed E-state index contributed by atoms with van der Waals surface area (Å²) in [4.78, 5) is 22.8. The average Bonchev–Trinajstić information content (AvgIpc) is 3.05. The number of carbonyl (C=O) groups is 2. The van der Waals surface area contributed by atoms with Gasteiger partial charge in [0.05, 0.1) is 0 Å². The van der Waals surface area contributed by atoms with Gasteiger partial charge < -0.3 is 10.4 Å². The number of nitrogens with one attached hydrogen (secondary N) is 2. The minimum absolute atomic E-state index is 0.291. The molecule has 2 atom stereocenters. The van der Waals surface area contributed by atoms with Gasteiger partial charge in [-0.3, -0.25) is 5.43 Å². The van der Waals surface area contributed by atoms with Crippen LogP contribution in [0.2, 0.25) is 0 Å². The SMILES string of the molecule is CC1CCCC(C)N1NC(=O)NC1(C(=O)O)CC1. The highest BCUT2D eigenvalue weighted by molar-refractivity contribution is 5.88. The molecule has 1 aliphatic carbocycles. The molecule has 2 fully saturated rings. The highest BCUT2D eigenvalue weighted by Gasteiger charge is 2.52. The van der Waals surface area contributed by atoms with Crippen LogP contribution in [0.15, 0.2) is 0 Å². The third-order valence-electron chi connectivity index (χ3n) is 3.94. The second-order valence-corrected chi connectivity index (χ2v) is 5.49. The predicted octanol–water partition coefficient (Wildman–Crippen LogP) is 1.08. The van der Waals surface area contributed by atoms with Gasteiger partial charge in [0.2, 0.25) is 0 Å². The topological polar surface area (TPSA) is 81.7 Å². The van der Waals surface area contributed by atoms with Gasteiger partial charge in [0.15, 0.2) is 0 Å². The standard InChI is InChI=1S/C12H21N3O3/c1-8-4-3-5-9(2)15(8)14-11(18)13-12(6-7-12)10(16)17/h8-9H,3-7H2,1-2H3,(H,16,17)(H2,13,14,18). The maximum atomic E-state index is 11.8. The molecule has 1 heterocycles. The van der Waals surface area contributed by atoms with Gasteiger partial charge in [-0.1, -0.05) is 6.42 Å². The lowest BCUT2D eigenvalue weighted by Gasteiger charge is -2.38. The van der Waals surface area contributed by atoms with Crippen LogP contribution < -0.4 is 10.7 Å². The number of carboxylic acids is 1. The molecule has 1 saturated carbocycles. The molecule has 2 aliphatic rings. The smallest absolute Gasteiger partial charge is 0.330 e. The van der Waals surface area contributed by atoms with Crippen molar-refractivity contribution in [2.24, 2.45) is 0 Å². The Morgan fingerprint density at radius 2 is 1.78 bits per heavy atom. The molecule has 1 aliphatic heterocycles. The molecule has 0 aromatic carbocycles. The third kappa shape index (κ3) is 2.58. The van der Waals surface area contributed by atoms with E-state index in [-0.39, 0.29) is 0 Å². The third-order valence-corrected chi connectivity index (χ3v) is 3.94. The minimum Gasteiger partial charge on any atom is -0.480 e. The van der Waals surface area contributed by atoms with Crippen molar-refractivity contribution in [3.63, 3.8) is 0 Å². The summed E-state index contributed by atoms with van der Waals surface area (Å²) in [6.45, 7) is 4.14. The second-order valence-electron chi connectivity index (χ2n) is 5.49. The fraction of sp³-hybridized carbons (Fsp3) is 0.833. The van der Waals surface area contributed by atoms with Crippen molar-refractivity contribution in [2.75, 3.05) is 0 Å².